The van der Waals surface area contributed by atoms with E-state index in [1.165, 1.54) is 16.4 Å². The van der Waals surface area contributed by atoms with Crippen molar-refractivity contribution in [2.75, 3.05) is 31.3 Å². The fraction of sp³-hybridized carbons (Fsp3) is 0.500. The van der Waals surface area contributed by atoms with Gasteiger partial charge in [0.25, 0.3) is 0 Å². The Balaban J connectivity index is 2.10. The van der Waals surface area contributed by atoms with Gasteiger partial charge in [-0.3, -0.25) is 4.79 Å². The Hall–Kier alpha value is -1.64. The number of nitrogens with one attached hydrogen (secondary N) is 1. The molecule has 0 bridgehead atoms. The third-order valence-corrected chi connectivity index (χ3v) is 5.55. The van der Waals surface area contributed by atoms with Gasteiger partial charge in [0.1, 0.15) is 0 Å². The lowest BCUT2D eigenvalue weighted by Gasteiger charge is -2.30. The van der Waals surface area contributed by atoms with Gasteiger partial charge < -0.3 is 10.1 Å². The average molecular weight is 389 g/mol. The van der Waals surface area contributed by atoms with Gasteiger partial charge in [-0.15, -0.1) is 0 Å². The van der Waals surface area contributed by atoms with Crippen LogP contribution >= 0.6 is 11.6 Å². The van der Waals surface area contributed by atoms with Crippen LogP contribution in [0.1, 0.15) is 30.1 Å². The molecule has 1 N–H and O–H groups in total. The molecule has 1 aliphatic heterocycles. The average Bonchev–Trinajstić information content (AvgIpc) is 2.56. The molecular formula is C16H21ClN2O5S. The van der Waals surface area contributed by atoms with E-state index in [1.54, 1.807) is 13.0 Å². The molecule has 0 spiro atoms. The lowest BCUT2D eigenvalue weighted by atomic mass is 9.98. The first kappa shape index (κ1) is 19.7. The summed E-state index contributed by atoms with van der Waals surface area (Å²) in [4.78, 5) is 24.3. The van der Waals surface area contributed by atoms with Crippen LogP contribution in [-0.2, 0) is 19.6 Å². The van der Waals surface area contributed by atoms with Crippen molar-refractivity contribution in [3.63, 3.8) is 0 Å². The standard InChI is InChI=1S/C16H21ClN2O5S/c1-3-24-16(21)13-9-12(6-7-14(13)17)18-15(20)11-5-4-8-19(10-11)25(2,22)23/h6-7,9,11H,3-5,8,10H2,1-2H3,(H,18,20)/t11-/m0/s1. The van der Waals surface area contributed by atoms with Gasteiger partial charge in [0.15, 0.2) is 0 Å². The second kappa shape index (κ2) is 8.16. The molecule has 9 heteroatoms. The van der Waals surface area contributed by atoms with Crippen LogP contribution in [0.2, 0.25) is 5.02 Å². The van der Waals surface area contributed by atoms with Gasteiger partial charge in [-0.05, 0) is 38.0 Å². The highest BCUT2D eigenvalue weighted by Crippen LogP contribution is 2.24. The van der Waals surface area contributed by atoms with Gasteiger partial charge in [-0.1, -0.05) is 11.6 Å². The zero-order chi connectivity index (χ0) is 18.6. The Labute approximate surface area is 152 Å². The first-order chi connectivity index (χ1) is 11.7. The van der Waals surface area contributed by atoms with E-state index in [-0.39, 0.29) is 29.6 Å². The normalized spacial score (nSPS) is 18.6. The molecule has 1 amide bonds. The maximum atomic E-state index is 12.5. The summed E-state index contributed by atoms with van der Waals surface area (Å²) in [6, 6.07) is 4.54. The zero-order valence-corrected chi connectivity index (χ0v) is 15.7. The number of benzene rings is 1. The minimum absolute atomic E-state index is 0.156. The van der Waals surface area contributed by atoms with Crippen molar-refractivity contribution in [2.24, 2.45) is 5.92 Å². The number of hydrogen-bond donors (Lipinski definition) is 1. The van der Waals surface area contributed by atoms with Crippen LogP contribution in [0, 0.1) is 5.92 Å². The van der Waals surface area contributed by atoms with Crippen molar-refractivity contribution in [3.8, 4) is 0 Å². The van der Waals surface area contributed by atoms with Gasteiger partial charge >= 0.3 is 5.97 Å². The summed E-state index contributed by atoms with van der Waals surface area (Å²) < 4.78 is 29.6. The highest BCUT2D eigenvalue weighted by molar-refractivity contribution is 7.88. The molecule has 1 atom stereocenters. The van der Waals surface area contributed by atoms with Crippen molar-refractivity contribution >= 4 is 39.2 Å². The summed E-state index contributed by atoms with van der Waals surface area (Å²) in [7, 11) is -3.32. The van der Waals surface area contributed by atoms with E-state index >= 15 is 0 Å². The summed E-state index contributed by atoms with van der Waals surface area (Å²) in [5.74, 6) is -1.29. The minimum atomic E-state index is -3.32. The van der Waals surface area contributed by atoms with Crippen molar-refractivity contribution in [3.05, 3.63) is 28.8 Å². The van der Waals surface area contributed by atoms with Crippen LogP contribution in [0.4, 0.5) is 5.69 Å². The molecule has 7 nitrogen and oxygen atoms in total. The van der Waals surface area contributed by atoms with E-state index in [4.69, 9.17) is 16.3 Å². The third-order valence-electron chi connectivity index (χ3n) is 3.95. The molecule has 0 aromatic heterocycles. The largest absolute Gasteiger partial charge is 0.462 e. The van der Waals surface area contributed by atoms with Crippen LogP contribution in [0.25, 0.3) is 0 Å². The Morgan fingerprint density at radius 1 is 1.40 bits per heavy atom. The summed E-state index contributed by atoms with van der Waals surface area (Å²) >= 11 is 5.99. The van der Waals surface area contributed by atoms with Crippen LogP contribution in [0.5, 0.6) is 0 Å². The van der Waals surface area contributed by atoms with E-state index in [1.807, 2.05) is 0 Å². The number of halogens is 1. The quantitative estimate of drug-likeness (QED) is 0.780. The molecule has 1 aromatic carbocycles. The van der Waals surface area contributed by atoms with Gasteiger partial charge in [0.2, 0.25) is 15.9 Å². The molecular weight excluding hydrogens is 368 g/mol. The number of carbonyl (C=O) groups is 2. The lowest BCUT2D eigenvalue weighted by molar-refractivity contribution is -0.120. The maximum Gasteiger partial charge on any atom is 0.339 e. The summed E-state index contributed by atoms with van der Waals surface area (Å²) in [6.07, 6.45) is 2.37. The van der Waals surface area contributed by atoms with Crippen molar-refractivity contribution in [1.29, 1.82) is 0 Å². The fourth-order valence-corrected chi connectivity index (χ4v) is 3.78. The summed E-state index contributed by atoms with van der Waals surface area (Å²) in [5.41, 5.74) is 0.580. The van der Waals surface area contributed by atoms with Gasteiger partial charge in [0, 0.05) is 18.8 Å². The second-order valence-corrected chi connectivity index (χ2v) is 8.25. The smallest absolute Gasteiger partial charge is 0.339 e. The van der Waals surface area contributed by atoms with Crippen LogP contribution in [0.3, 0.4) is 0 Å². The Morgan fingerprint density at radius 2 is 2.12 bits per heavy atom. The van der Waals surface area contributed by atoms with Gasteiger partial charge in [0.05, 0.1) is 29.4 Å². The third kappa shape index (κ3) is 5.17. The van der Waals surface area contributed by atoms with Crippen LogP contribution in [0.15, 0.2) is 18.2 Å². The van der Waals surface area contributed by atoms with Crippen LogP contribution < -0.4 is 5.32 Å². The molecule has 0 radical (unpaired) electrons. The van der Waals surface area contributed by atoms with Crippen molar-refractivity contribution in [1.82, 2.24) is 4.31 Å². The number of piperidine rings is 1. The Morgan fingerprint density at radius 3 is 2.76 bits per heavy atom. The topological polar surface area (TPSA) is 92.8 Å². The number of sulfonamides is 1. The highest BCUT2D eigenvalue weighted by Gasteiger charge is 2.30. The molecule has 0 saturated carbocycles. The van der Waals surface area contributed by atoms with E-state index in [9.17, 15) is 18.0 Å². The number of esters is 1. The van der Waals surface area contributed by atoms with Gasteiger partial charge in [-0.25, -0.2) is 17.5 Å². The zero-order valence-electron chi connectivity index (χ0n) is 14.1. The maximum absolute atomic E-state index is 12.5. The summed E-state index contributed by atoms with van der Waals surface area (Å²) in [6.45, 7) is 2.49. The second-order valence-electron chi connectivity index (χ2n) is 5.86. The molecule has 2 rings (SSSR count). The number of anilines is 1. The number of carbonyl (C=O) groups excluding carboxylic acids is 2. The predicted octanol–water partition coefficient (Wildman–Crippen LogP) is 2.13. The van der Waals surface area contributed by atoms with E-state index in [0.717, 1.165) is 6.26 Å². The number of rotatable bonds is 5. The molecule has 1 aromatic rings. The SMILES string of the molecule is CCOC(=O)c1cc(NC(=O)[C@H]2CCCN(S(C)(=O)=O)C2)ccc1Cl. The number of nitrogens with zero attached hydrogens (tertiary/aromatic N) is 1. The lowest BCUT2D eigenvalue weighted by Crippen LogP contribution is -2.43. The van der Waals surface area contributed by atoms with E-state index in [2.05, 4.69) is 5.32 Å². The Bertz CT molecular complexity index is 766. The van der Waals surface area contributed by atoms with Gasteiger partial charge in [-0.2, -0.15) is 0 Å². The molecule has 25 heavy (non-hydrogen) atoms. The molecule has 1 saturated heterocycles. The highest BCUT2D eigenvalue weighted by atomic mass is 35.5. The van der Waals surface area contributed by atoms with Crippen LogP contribution in [-0.4, -0.2) is 50.6 Å². The minimum Gasteiger partial charge on any atom is -0.462 e. The molecule has 1 fully saturated rings. The van der Waals surface area contributed by atoms with Crippen molar-refractivity contribution in [2.45, 2.75) is 19.8 Å². The molecule has 1 aliphatic rings. The first-order valence-corrected chi connectivity index (χ1v) is 10.2. The van der Waals surface area contributed by atoms with Crippen molar-refractivity contribution < 1.29 is 22.7 Å². The summed E-state index contributed by atoms with van der Waals surface area (Å²) in [5, 5.41) is 2.96. The van der Waals surface area contributed by atoms with E-state index in [0.29, 0.717) is 25.1 Å². The predicted molar refractivity (Wildman–Crippen MR) is 95.2 cm³/mol. The number of hydrogen-bond acceptors (Lipinski definition) is 5. The molecule has 0 unspecified atom stereocenters. The Kier molecular flexibility index (Phi) is 6.42. The molecule has 1 heterocycles. The molecule has 0 aliphatic carbocycles. The first-order valence-electron chi connectivity index (χ1n) is 7.95. The number of amides is 1. The molecule has 138 valence electrons. The fourth-order valence-electron chi connectivity index (χ4n) is 2.67. The monoisotopic (exact) mass is 388 g/mol. The van der Waals surface area contributed by atoms with E-state index < -0.39 is 21.9 Å². The number of ether oxygens (including phenoxy) is 1.